The molecule has 0 aliphatic carbocycles. The van der Waals surface area contributed by atoms with E-state index in [0.29, 0.717) is 11.3 Å². The minimum Gasteiger partial charge on any atom is -0.334 e. The van der Waals surface area contributed by atoms with Crippen LogP contribution in [0.1, 0.15) is 5.56 Å². The second-order valence-corrected chi connectivity index (χ2v) is 4.16. The van der Waals surface area contributed by atoms with Crippen LogP contribution in [0.25, 0.3) is 5.57 Å². The molecule has 21 heavy (non-hydrogen) atoms. The first-order valence-corrected chi connectivity index (χ1v) is 6.24. The average Bonchev–Trinajstić information content (AvgIpc) is 2.53. The SMILES string of the molecule is C=C(C(=O)ONC(=O)Nc1ccccc1)c1ccccc1. The van der Waals surface area contributed by atoms with Crippen molar-refractivity contribution in [2.75, 3.05) is 5.32 Å². The second-order valence-electron chi connectivity index (χ2n) is 4.16. The summed E-state index contributed by atoms with van der Waals surface area (Å²) in [5, 5.41) is 2.52. The Morgan fingerprint density at radius 3 is 2.10 bits per heavy atom. The molecule has 0 saturated heterocycles. The fraction of sp³-hybridized carbons (Fsp3) is 0. The Balaban J connectivity index is 1.84. The molecule has 0 bridgehead atoms. The van der Waals surface area contributed by atoms with Gasteiger partial charge in [0.25, 0.3) is 0 Å². The molecule has 2 rings (SSSR count). The van der Waals surface area contributed by atoms with Gasteiger partial charge >= 0.3 is 12.0 Å². The first-order chi connectivity index (χ1) is 10.2. The third-order valence-electron chi connectivity index (χ3n) is 2.64. The number of anilines is 1. The molecule has 2 aromatic carbocycles. The van der Waals surface area contributed by atoms with E-state index in [1.54, 1.807) is 48.5 Å². The first-order valence-electron chi connectivity index (χ1n) is 6.24. The number of nitrogens with one attached hydrogen (secondary N) is 2. The molecule has 0 aliphatic rings. The van der Waals surface area contributed by atoms with Crippen molar-refractivity contribution in [3.63, 3.8) is 0 Å². The summed E-state index contributed by atoms with van der Waals surface area (Å²) in [5.41, 5.74) is 3.41. The summed E-state index contributed by atoms with van der Waals surface area (Å²) in [5.74, 6) is -0.718. The van der Waals surface area contributed by atoms with Crippen LogP contribution in [-0.2, 0) is 9.63 Å². The largest absolute Gasteiger partial charge is 0.363 e. The number of hydrogen-bond acceptors (Lipinski definition) is 3. The molecule has 5 nitrogen and oxygen atoms in total. The Morgan fingerprint density at radius 1 is 0.905 bits per heavy atom. The smallest absolute Gasteiger partial charge is 0.334 e. The van der Waals surface area contributed by atoms with Gasteiger partial charge in [-0.15, -0.1) is 0 Å². The molecule has 0 aliphatic heterocycles. The van der Waals surface area contributed by atoms with E-state index >= 15 is 0 Å². The van der Waals surface area contributed by atoms with E-state index in [0.717, 1.165) is 0 Å². The van der Waals surface area contributed by atoms with Crippen LogP contribution in [0.15, 0.2) is 67.2 Å². The fourth-order valence-corrected chi connectivity index (χ4v) is 1.59. The van der Waals surface area contributed by atoms with Crippen molar-refractivity contribution < 1.29 is 14.4 Å². The highest BCUT2D eigenvalue weighted by Crippen LogP contribution is 2.12. The number of hydrogen-bond donors (Lipinski definition) is 2. The topological polar surface area (TPSA) is 67.4 Å². The van der Waals surface area contributed by atoms with Gasteiger partial charge < -0.3 is 10.2 Å². The lowest BCUT2D eigenvalue weighted by Crippen LogP contribution is -2.31. The quantitative estimate of drug-likeness (QED) is 0.671. The van der Waals surface area contributed by atoms with Crippen LogP contribution < -0.4 is 10.8 Å². The molecule has 0 saturated carbocycles. The molecule has 2 N–H and O–H groups in total. The minimum atomic E-state index is -0.718. The van der Waals surface area contributed by atoms with Gasteiger partial charge in [0, 0.05) is 5.69 Å². The Morgan fingerprint density at radius 2 is 1.48 bits per heavy atom. The van der Waals surface area contributed by atoms with Gasteiger partial charge in [-0.05, 0) is 17.7 Å². The van der Waals surface area contributed by atoms with Gasteiger partial charge in [-0.2, -0.15) is 5.48 Å². The van der Waals surface area contributed by atoms with Gasteiger partial charge in [0.1, 0.15) is 0 Å². The van der Waals surface area contributed by atoms with Crippen molar-refractivity contribution >= 4 is 23.3 Å². The number of hydroxylamine groups is 1. The Kier molecular flexibility index (Phi) is 4.71. The highest BCUT2D eigenvalue weighted by molar-refractivity contribution is 6.15. The zero-order chi connectivity index (χ0) is 15.1. The molecule has 0 atom stereocenters. The van der Waals surface area contributed by atoms with E-state index in [4.69, 9.17) is 4.84 Å². The van der Waals surface area contributed by atoms with E-state index in [1.165, 1.54) is 0 Å². The summed E-state index contributed by atoms with van der Waals surface area (Å²) in [6.45, 7) is 3.64. The van der Waals surface area contributed by atoms with Gasteiger partial charge in [0.05, 0.1) is 5.57 Å². The molecule has 2 aromatic rings. The summed E-state index contributed by atoms with van der Waals surface area (Å²) in [6.07, 6.45) is 0. The summed E-state index contributed by atoms with van der Waals surface area (Å²) in [7, 11) is 0. The van der Waals surface area contributed by atoms with Crippen LogP contribution in [0.5, 0.6) is 0 Å². The predicted molar refractivity (Wildman–Crippen MR) is 80.2 cm³/mol. The van der Waals surface area contributed by atoms with Crippen LogP contribution in [-0.4, -0.2) is 12.0 Å². The molecular weight excluding hydrogens is 268 g/mol. The maximum atomic E-state index is 11.7. The number of rotatable bonds is 3. The van der Waals surface area contributed by atoms with Crippen molar-refractivity contribution in [1.82, 2.24) is 5.48 Å². The molecule has 0 unspecified atom stereocenters. The highest BCUT2D eigenvalue weighted by atomic mass is 16.7. The molecule has 0 aromatic heterocycles. The number of amides is 2. The van der Waals surface area contributed by atoms with E-state index < -0.39 is 12.0 Å². The van der Waals surface area contributed by atoms with E-state index in [9.17, 15) is 9.59 Å². The molecule has 106 valence electrons. The maximum absolute atomic E-state index is 11.7. The lowest BCUT2D eigenvalue weighted by atomic mass is 10.1. The van der Waals surface area contributed by atoms with E-state index in [2.05, 4.69) is 11.9 Å². The molecule has 0 heterocycles. The third-order valence-corrected chi connectivity index (χ3v) is 2.64. The summed E-state index contributed by atoms with van der Waals surface area (Å²) < 4.78 is 0. The van der Waals surface area contributed by atoms with Crippen molar-refractivity contribution in [3.05, 3.63) is 72.8 Å². The average molecular weight is 282 g/mol. The lowest BCUT2D eigenvalue weighted by molar-refractivity contribution is -0.141. The number of urea groups is 1. The van der Waals surface area contributed by atoms with E-state index in [-0.39, 0.29) is 5.57 Å². The molecule has 0 radical (unpaired) electrons. The minimum absolute atomic E-state index is 0.163. The van der Waals surface area contributed by atoms with Crippen molar-refractivity contribution in [1.29, 1.82) is 0 Å². The van der Waals surface area contributed by atoms with Crippen molar-refractivity contribution in [2.45, 2.75) is 0 Å². The van der Waals surface area contributed by atoms with Gasteiger partial charge in [-0.25, -0.2) is 9.59 Å². The lowest BCUT2D eigenvalue weighted by Gasteiger charge is -2.08. The fourth-order valence-electron chi connectivity index (χ4n) is 1.59. The second kappa shape index (κ2) is 6.91. The summed E-state index contributed by atoms with van der Waals surface area (Å²) >= 11 is 0. The van der Waals surface area contributed by atoms with Crippen LogP contribution in [0.4, 0.5) is 10.5 Å². The van der Waals surface area contributed by atoms with Crippen molar-refractivity contribution in [3.8, 4) is 0 Å². The van der Waals surface area contributed by atoms with Crippen molar-refractivity contribution in [2.24, 2.45) is 0 Å². The van der Waals surface area contributed by atoms with Gasteiger partial charge in [-0.1, -0.05) is 55.1 Å². The monoisotopic (exact) mass is 282 g/mol. The summed E-state index contributed by atoms with van der Waals surface area (Å²) in [4.78, 5) is 28.0. The third kappa shape index (κ3) is 4.21. The van der Waals surface area contributed by atoms with Gasteiger partial charge in [0.2, 0.25) is 0 Å². The first kappa shape index (κ1) is 14.3. The van der Waals surface area contributed by atoms with Crippen LogP contribution >= 0.6 is 0 Å². The van der Waals surface area contributed by atoms with Crippen LogP contribution in [0.2, 0.25) is 0 Å². The molecule has 5 heteroatoms. The number of benzene rings is 2. The Bertz CT molecular complexity index is 639. The van der Waals surface area contributed by atoms with Gasteiger partial charge in [0.15, 0.2) is 0 Å². The molecule has 0 spiro atoms. The van der Waals surface area contributed by atoms with E-state index in [1.807, 2.05) is 17.6 Å². The highest BCUT2D eigenvalue weighted by Gasteiger charge is 2.12. The molecular formula is C16H14N2O3. The number of carbonyl (C=O) groups excluding carboxylic acids is 2. The van der Waals surface area contributed by atoms with Crippen LogP contribution in [0.3, 0.4) is 0 Å². The van der Waals surface area contributed by atoms with Gasteiger partial charge in [-0.3, -0.25) is 0 Å². The number of para-hydroxylation sites is 1. The van der Waals surface area contributed by atoms with Crippen LogP contribution in [0, 0.1) is 0 Å². The Labute approximate surface area is 122 Å². The maximum Gasteiger partial charge on any atom is 0.363 e. The predicted octanol–water partition coefficient (Wildman–Crippen LogP) is 2.98. The number of carbonyl (C=O) groups is 2. The standard InChI is InChI=1S/C16H14N2O3/c1-12(13-8-4-2-5-9-13)15(19)21-18-16(20)17-14-10-6-3-7-11-14/h2-11H,1H2,(H2,17,18,20). The summed E-state index contributed by atoms with van der Waals surface area (Å²) in [6, 6.07) is 17.0. The molecule has 2 amide bonds. The Hall–Kier alpha value is -3.08. The molecule has 0 fully saturated rings. The normalized spacial score (nSPS) is 9.52. The zero-order valence-electron chi connectivity index (χ0n) is 11.2. The zero-order valence-corrected chi connectivity index (χ0v) is 11.2.